The molecule has 2 nitrogen and oxygen atoms in total. The highest BCUT2D eigenvalue weighted by molar-refractivity contribution is 5.69. The van der Waals surface area contributed by atoms with Crippen LogP contribution in [-0.2, 0) is 6.42 Å². The van der Waals surface area contributed by atoms with Gasteiger partial charge in [0.1, 0.15) is 5.75 Å². The number of phenolic OH excluding ortho intramolecular Hbond substituents is 1. The molecule has 0 radical (unpaired) electrons. The normalized spacial score (nSPS) is 12.3. The lowest BCUT2D eigenvalue weighted by molar-refractivity contribution is 0.171. The van der Waals surface area contributed by atoms with Crippen molar-refractivity contribution in [2.75, 3.05) is 0 Å². The molecule has 0 heterocycles. The molecule has 0 saturated carbocycles. The van der Waals surface area contributed by atoms with Gasteiger partial charge in [0.25, 0.3) is 0 Å². The van der Waals surface area contributed by atoms with Crippen LogP contribution in [0.3, 0.4) is 0 Å². The Morgan fingerprint density at radius 2 is 1.78 bits per heavy atom. The molecule has 2 rings (SSSR count). The van der Waals surface area contributed by atoms with Crippen LogP contribution in [0.2, 0.25) is 0 Å². The summed E-state index contributed by atoms with van der Waals surface area (Å²) in [7, 11) is 0. The van der Waals surface area contributed by atoms with Gasteiger partial charge in [-0.15, -0.1) is 0 Å². The second-order valence-corrected chi connectivity index (χ2v) is 4.47. The third-order valence-corrected chi connectivity index (χ3v) is 3.11. The molecule has 0 bridgehead atoms. The van der Waals surface area contributed by atoms with E-state index < -0.39 is 0 Å². The molecule has 0 aliphatic carbocycles. The molecule has 18 heavy (non-hydrogen) atoms. The lowest BCUT2D eigenvalue weighted by Gasteiger charge is -2.13. The van der Waals surface area contributed by atoms with E-state index in [9.17, 15) is 10.2 Å². The van der Waals surface area contributed by atoms with E-state index in [-0.39, 0.29) is 11.9 Å². The Kier molecular flexibility index (Phi) is 4.00. The average molecular weight is 242 g/mol. The minimum atomic E-state index is -0.336. The van der Waals surface area contributed by atoms with E-state index in [4.69, 9.17) is 0 Å². The highest BCUT2D eigenvalue weighted by atomic mass is 16.3. The number of aromatic hydroxyl groups is 1. The van der Waals surface area contributed by atoms with Crippen molar-refractivity contribution in [3.63, 3.8) is 0 Å². The molecule has 0 fully saturated rings. The Morgan fingerprint density at radius 3 is 2.44 bits per heavy atom. The largest absolute Gasteiger partial charge is 0.508 e. The molecule has 0 amide bonds. The number of aliphatic hydroxyl groups is 1. The van der Waals surface area contributed by atoms with Crippen LogP contribution in [0.4, 0.5) is 0 Å². The van der Waals surface area contributed by atoms with Crippen molar-refractivity contribution >= 4 is 0 Å². The number of rotatable bonds is 4. The van der Waals surface area contributed by atoms with Gasteiger partial charge in [0, 0.05) is 0 Å². The predicted molar refractivity (Wildman–Crippen MR) is 73.5 cm³/mol. The molecule has 2 heteroatoms. The maximum atomic E-state index is 9.79. The van der Waals surface area contributed by atoms with Crippen LogP contribution in [0.25, 0.3) is 11.1 Å². The first-order valence-electron chi connectivity index (χ1n) is 6.26. The zero-order valence-corrected chi connectivity index (χ0v) is 10.5. The summed E-state index contributed by atoms with van der Waals surface area (Å²) in [6.07, 6.45) is 1.01. The molecule has 2 aromatic carbocycles. The molecule has 0 spiro atoms. The van der Waals surface area contributed by atoms with Gasteiger partial charge in [0.05, 0.1) is 6.10 Å². The van der Waals surface area contributed by atoms with Crippen molar-refractivity contribution in [2.45, 2.75) is 25.9 Å². The molecular formula is C16H18O2. The van der Waals surface area contributed by atoms with E-state index in [1.54, 1.807) is 12.1 Å². The summed E-state index contributed by atoms with van der Waals surface area (Å²) >= 11 is 0. The molecule has 0 saturated heterocycles. The minimum Gasteiger partial charge on any atom is -0.508 e. The van der Waals surface area contributed by atoms with Crippen molar-refractivity contribution in [1.82, 2.24) is 0 Å². The Morgan fingerprint density at radius 1 is 1.06 bits per heavy atom. The smallest absolute Gasteiger partial charge is 0.116 e. The molecule has 2 N–H and O–H groups in total. The SMILES string of the molecule is CCC(O)Cc1ccc(O)cc1-c1ccccc1. The molecule has 1 atom stereocenters. The fraction of sp³-hybridized carbons (Fsp3) is 0.250. The van der Waals surface area contributed by atoms with E-state index in [2.05, 4.69) is 0 Å². The van der Waals surface area contributed by atoms with Gasteiger partial charge in [-0.3, -0.25) is 0 Å². The average Bonchev–Trinajstić information content (AvgIpc) is 2.41. The van der Waals surface area contributed by atoms with Crippen molar-refractivity contribution in [2.24, 2.45) is 0 Å². The van der Waals surface area contributed by atoms with Crippen LogP contribution in [0.1, 0.15) is 18.9 Å². The second-order valence-electron chi connectivity index (χ2n) is 4.47. The summed E-state index contributed by atoms with van der Waals surface area (Å²) in [6.45, 7) is 1.97. The van der Waals surface area contributed by atoms with E-state index in [1.165, 1.54) is 0 Å². The molecule has 0 aliphatic heterocycles. The van der Waals surface area contributed by atoms with Crippen LogP contribution in [0, 0.1) is 0 Å². The zero-order valence-electron chi connectivity index (χ0n) is 10.5. The summed E-state index contributed by atoms with van der Waals surface area (Å²) in [5.74, 6) is 0.253. The first-order chi connectivity index (χ1) is 8.70. The Labute approximate surface area is 108 Å². The van der Waals surface area contributed by atoms with Gasteiger partial charge < -0.3 is 10.2 Å². The van der Waals surface area contributed by atoms with E-state index in [0.29, 0.717) is 6.42 Å². The Hall–Kier alpha value is -1.80. The van der Waals surface area contributed by atoms with Gasteiger partial charge in [0.2, 0.25) is 0 Å². The summed E-state index contributed by atoms with van der Waals surface area (Å²) in [5.41, 5.74) is 3.11. The van der Waals surface area contributed by atoms with Gasteiger partial charge >= 0.3 is 0 Å². The molecule has 1 unspecified atom stereocenters. The van der Waals surface area contributed by atoms with Crippen LogP contribution in [0.5, 0.6) is 5.75 Å². The molecule has 94 valence electrons. The Balaban J connectivity index is 2.41. The fourth-order valence-corrected chi connectivity index (χ4v) is 2.03. The maximum Gasteiger partial charge on any atom is 0.116 e. The third-order valence-electron chi connectivity index (χ3n) is 3.11. The maximum absolute atomic E-state index is 9.79. The zero-order chi connectivity index (χ0) is 13.0. The van der Waals surface area contributed by atoms with Gasteiger partial charge in [0.15, 0.2) is 0 Å². The molecule has 0 aliphatic rings. The topological polar surface area (TPSA) is 40.5 Å². The quantitative estimate of drug-likeness (QED) is 0.863. The first-order valence-corrected chi connectivity index (χ1v) is 6.26. The summed E-state index contributed by atoms with van der Waals surface area (Å²) in [6, 6.07) is 15.2. The number of benzene rings is 2. The van der Waals surface area contributed by atoms with E-state index in [0.717, 1.165) is 23.1 Å². The highest BCUT2D eigenvalue weighted by Gasteiger charge is 2.10. The van der Waals surface area contributed by atoms with Crippen LogP contribution < -0.4 is 0 Å². The standard InChI is InChI=1S/C16H18O2/c1-2-14(17)10-13-8-9-15(18)11-16(13)12-6-4-3-5-7-12/h3-9,11,14,17-18H,2,10H2,1H3. The highest BCUT2D eigenvalue weighted by Crippen LogP contribution is 2.28. The number of hydrogen-bond donors (Lipinski definition) is 2. The van der Waals surface area contributed by atoms with Gasteiger partial charge in [-0.25, -0.2) is 0 Å². The van der Waals surface area contributed by atoms with Crippen molar-refractivity contribution in [3.8, 4) is 16.9 Å². The molecule has 2 aromatic rings. The summed E-state index contributed by atoms with van der Waals surface area (Å²) in [5, 5.41) is 19.4. The lowest BCUT2D eigenvalue weighted by Crippen LogP contribution is -2.09. The minimum absolute atomic E-state index is 0.253. The third kappa shape index (κ3) is 2.90. The number of phenols is 1. The fourth-order valence-electron chi connectivity index (χ4n) is 2.03. The first kappa shape index (κ1) is 12.7. The van der Waals surface area contributed by atoms with Crippen LogP contribution in [0.15, 0.2) is 48.5 Å². The van der Waals surface area contributed by atoms with Gasteiger partial charge in [-0.1, -0.05) is 43.3 Å². The van der Waals surface area contributed by atoms with Gasteiger partial charge in [-0.05, 0) is 41.7 Å². The van der Waals surface area contributed by atoms with Gasteiger partial charge in [-0.2, -0.15) is 0 Å². The summed E-state index contributed by atoms with van der Waals surface area (Å²) in [4.78, 5) is 0. The molecular weight excluding hydrogens is 224 g/mol. The van der Waals surface area contributed by atoms with Crippen LogP contribution in [-0.4, -0.2) is 16.3 Å². The second kappa shape index (κ2) is 5.69. The lowest BCUT2D eigenvalue weighted by atomic mass is 9.95. The molecule has 0 aromatic heterocycles. The van der Waals surface area contributed by atoms with Crippen molar-refractivity contribution < 1.29 is 10.2 Å². The predicted octanol–water partition coefficient (Wildman–Crippen LogP) is 3.37. The van der Waals surface area contributed by atoms with Crippen LogP contribution >= 0.6 is 0 Å². The monoisotopic (exact) mass is 242 g/mol. The van der Waals surface area contributed by atoms with Crippen molar-refractivity contribution in [3.05, 3.63) is 54.1 Å². The Bertz CT molecular complexity index is 506. The van der Waals surface area contributed by atoms with E-state index in [1.807, 2.05) is 43.3 Å². The van der Waals surface area contributed by atoms with E-state index >= 15 is 0 Å². The van der Waals surface area contributed by atoms with Crippen molar-refractivity contribution in [1.29, 1.82) is 0 Å². The number of aliphatic hydroxyl groups excluding tert-OH is 1. The number of hydrogen-bond acceptors (Lipinski definition) is 2. The summed E-state index contributed by atoms with van der Waals surface area (Å²) < 4.78 is 0.